The molecule has 4 aromatic rings. The number of nitrogens with one attached hydrogen (secondary N) is 2. The molecule has 0 aliphatic heterocycles. The van der Waals surface area contributed by atoms with Gasteiger partial charge in [0.2, 0.25) is 11.0 Å². The van der Waals surface area contributed by atoms with E-state index in [9.17, 15) is 9.59 Å². The van der Waals surface area contributed by atoms with E-state index in [2.05, 4.69) is 20.8 Å². The molecule has 1 atom stereocenters. The number of rotatable bonds is 8. The van der Waals surface area contributed by atoms with Gasteiger partial charge in [0.1, 0.15) is 16.8 Å². The number of amides is 2. The highest BCUT2D eigenvalue weighted by Crippen LogP contribution is 2.27. The molecule has 2 amide bonds. The highest BCUT2D eigenvalue weighted by Gasteiger charge is 2.23. The summed E-state index contributed by atoms with van der Waals surface area (Å²) >= 11 is 1.28. The van der Waals surface area contributed by atoms with Crippen molar-refractivity contribution in [3.8, 4) is 16.3 Å². The Hall–Kier alpha value is -4.04. The number of nitrogens with zero attached hydrogens (tertiary/aromatic N) is 2. The molecular formula is C26H24N4O3S. The zero-order valence-corrected chi connectivity index (χ0v) is 19.6. The number of methoxy groups -OCH3 is 1. The maximum Gasteiger partial charge on any atom is 0.252 e. The molecular weight excluding hydrogens is 448 g/mol. The Morgan fingerprint density at radius 3 is 2.53 bits per heavy atom. The Bertz CT molecular complexity index is 1290. The van der Waals surface area contributed by atoms with Crippen LogP contribution >= 0.6 is 11.3 Å². The molecule has 0 saturated heterocycles. The standard InChI is InChI=1S/C26H24N4O3S/c1-17-8-6-12-20(14-17)25-29-30-26(34-25)28-24(32)22(15-18-9-4-3-5-10-18)27-23(31)19-11-7-13-21(16-19)33-2/h3-14,16,22H,15H2,1-2H3,(H,27,31)(H,28,30,32). The van der Waals surface area contributed by atoms with Crippen molar-refractivity contribution >= 4 is 28.3 Å². The van der Waals surface area contributed by atoms with Gasteiger partial charge >= 0.3 is 0 Å². The van der Waals surface area contributed by atoms with Crippen molar-refractivity contribution in [3.63, 3.8) is 0 Å². The molecule has 0 bridgehead atoms. The number of benzene rings is 3. The summed E-state index contributed by atoms with van der Waals surface area (Å²) in [6.07, 6.45) is 0.325. The third-order valence-electron chi connectivity index (χ3n) is 5.16. The third kappa shape index (κ3) is 5.85. The van der Waals surface area contributed by atoms with Gasteiger partial charge in [-0.15, -0.1) is 10.2 Å². The topological polar surface area (TPSA) is 93.2 Å². The molecule has 8 heteroatoms. The highest BCUT2D eigenvalue weighted by atomic mass is 32.1. The average Bonchev–Trinajstić information content (AvgIpc) is 3.32. The SMILES string of the molecule is COc1cccc(C(=O)NC(Cc2ccccc2)C(=O)Nc2nnc(-c3cccc(C)c3)s2)c1. The van der Waals surface area contributed by atoms with Gasteiger partial charge in [-0.25, -0.2) is 0 Å². The fraction of sp³-hybridized carbons (Fsp3) is 0.154. The van der Waals surface area contributed by atoms with E-state index in [1.807, 2.05) is 61.5 Å². The molecule has 1 unspecified atom stereocenters. The van der Waals surface area contributed by atoms with Crippen LogP contribution in [0, 0.1) is 6.92 Å². The molecule has 0 radical (unpaired) electrons. The van der Waals surface area contributed by atoms with Crippen LogP contribution in [0.4, 0.5) is 5.13 Å². The van der Waals surface area contributed by atoms with Crippen LogP contribution in [-0.4, -0.2) is 35.2 Å². The zero-order chi connectivity index (χ0) is 23.9. The lowest BCUT2D eigenvalue weighted by Gasteiger charge is -2.18. The van der Waals surface area contributed by atoms with Crippen LogP contribution in [0.15, 0.2) is 78.9 Å². The Kier molecular flexibility index (Phi) is 7.29. The number of aromatic nitrogens is 2. The first-order valence-electron chi connectivity index (χ1n) is 10.7. The van der Waals surface area contributed by atoms with Crippen molar-refractivity contribution in [2.75, 3.05) is 12.4 Å². The van der Waals surface area contributed by atoms with Crippen molar-refractivity contribution in [2.24, 2.45) is 0 Å². The van der Waals surface area contributed by atoms with E-state index >= 15 is 0 Å². The van der Waals surface area contributed by atoms with E-state index in [4.69, 9.17) is 4.74 Å². The van der Waals surface area contributed by atoms with E-state index < -0.39 is 6.04 Å². The predicted octanol–water partition coefficient (Wildman–Crippen LogP) is 4.50. The monoisotopic (exact) mass is 472 g/mol. The Balaban J connectivity index is 1.52. The summed E-state index contributed by atoms with van der Waals surface area (Å²) in [6, 6.07) is 23.4. The summed E-state index contributed by atoms with van der Waals surface area (Å²) in [4.78, 5) is 26.1. The molecule has 172 valence electrons. The number of ether oxygens (including phenoxy) is 1. The molecule has 3 aromatic carbocycles. The van der Waals surface area contributed by atoms with Crippen LogP contribution in [-0.2, 0) is 11.2 Å². The summed E-state index contributed by atoms with van der Waals surface area (Å²) in [7, 11) is 1.54. The summed E-state index contributed by atoms with van der Waals surface area (Å²) in [5.41, 5.74) is 3.38. The molecule has 4 rings (SSSR count). The summed E-state index contributed by atoms with van der Waals surface area (Å²) < 4.78 is 5.21. The smallest absolute Gasteiger partial charge is 0.252 e. The quantitative estimate of drug-likeness (QED) is 0.394. The molecule has 0 aliphatic rings. The number of aryl methyl sites for hydroxylation is 1. The molecule has 0 saturated carbocycles. The Morgan fingerprint density at radius 2 is 1.76 bits per heavy atom. The van der Waals surface area contributed by atoms with Crippen molar-refractivity contribution < 1.29 is 14.3 Å². The van der Waals surface area contributed by atoms with Crippen LogP contribution in [0.5, 0.6) is 5.75 Å². The number of carbonyl (C=O) groups is 2. The first kappa shape index (κ1) is 23.1. The molecule has 0 spiro atoms. The first-order valence-corrected chi connectivity index (χ1v) is 11.5. The third-order valence-corrected chi connectivity index (χ3v) is 6.04. The summed E-state index contributed by atoms with van der Waals surface area (Å²) in [6.45, 7) is 2.01. The zero-order valence-electron chi connectivity index (χ0n) is 18.8. The largest absolute Gasteiger partial charge is 0.497 e. The number of anilines is 1. The molecule has 7 nitrogen and oxygen atoms in total. The van der Waals surface area contributed by atoms with Crippen molar-refractivity contribution in [1.29, 1.82) is 0 Å². The summed E-state index contributed by atoms with van der Waals surface area (Å²) in [5.74, 6) is -0.172. The van der Waals surface area contributed by atoms with E-state index in [0.29, 0.717) is 27.9 Å². The Labute approximate surface area is 201 Å². The van der Waals surface area contributed by atoms with Crippen LogP contribution < -0.4 is 15.4 Å². The molecule has 0 aliphatic carbocycles. The van der Waals surface area contributed by atoms with Crippen molar-refractivity contribution in [1.82, 2.24) is 15.5 Å². The lowest BCUT2D eigenvalue weighted by atomic mass is 10.0. The van der Waals surface area contributed by atoms with Crippen LogP contribution in [0.1, 0.15) is 21.5 Å². The highest BCUT2D eigenvalue weighted by molar-refractivity contribution is 7.18. The van der Waals surface area contributed by atoms with Gasteiger partial charge in [0.15, 0.2) is 0 Å². The van der Waals surface area contributed by atoms with Gasteiger partial charge in [-0.05, 0) is 36.8 Å². The van der Waals surface area contributed by atoms with Gasteiger partial charge in [-0.1, -0.05) is 71.5 Å². The molecule has 1 heterocycles. The second kappa shape index (κ2) is 10.7. The van der Waals surface area contributed by atoms with Crippen LogP contribution in [0.3, 0.4) is 0 Å². The van der Waals surface area contributed by atoms with Gasteiger partial charge < -0.3 is 10.1 Å². The number of hydrogen-bond acceptors (Lipinski definition) is 6. The molecule has 34 heavy (non-hydrogen) atoms. The van der Waals surface area contributed by atoms with Gasteiger partial charge in [0.05, 0.1) is 7.11 Å². The lowest BCUT2D eigenvalue weighted by molar-refractivity contribution is -0.118. The van der Waals surface area contributed by atoms with Gasteiger partial charge in [-0.3, -0.25) is 14.9 Å². The van der Waals surface area contributed by atoms with Gasteiger partial charge in [-0.2, -0.15) is 0 Å². The van der Waals surface area contributed by atoms with E-state index in [-0.39, 0.29) is 11.8 Å². The molecule has 0 fully saturated rings. The van der Waals surface area contributed by atoms with Gasteiger partial charge in [0.25, 0.3) is 5.91 Å². The minimum atomic E-state index is -0.813. The first-order chi connectivity index (χ1) is 16.5. The molecule has 2 N–H and O–H groups in total. The molecule has 1 aromatic heterocycles. The van der Waals surface area contributed by atoms with Crippen molar-refractivity contribution in [3.05, 3.63) is 95.6 Å². The second-order valence-corrected chi connectivity index (χ2v) is 8.70. The number of hydrogen-bond donors (Lipinski definition) is 2. The fourth-order valence-corrected chi connectivity index (χ4v) is 4.17. The van der Waals surface area contributed by atoms with Crippen molar-refractivity contribution in [2.45, 2.75) is 19.4 Å². The predicted molar refractivity (Wildman–Crippen MR) is 133 cm³/mol. The number of carbonyl (C=O) groups excluding carboxylic acids is 2. The van der Waals surface area contributed by atoms with E-state index in [0.717, 1.165) is 16.7 Å². The maximum absolute atomic E-state index is 13.2. The average molecular weight is 473 g/mol. The van der Waals surface area contributed by atoms with E-state index in [1.54, 1.807) is 24.3 Å². The fourth-order valence-electron chi connectivity index (χ4n) is 3.43. The minimum absolute atomic E-state index is 0.325. The maximum atomic E-state index is 13.2. The normalized spacial score (nSPS) is 11.5. The van der Waals surface area contributed by atoms with Crippen LogP contribution in [0.2, 0.25) is 0 Å². The van der Waals surface area contributed by atoms with E-state index in [1.165, 1.54) is 18.4 Å². The van der Waals surface area contributed by atoms with Crippen LogP contribution in [0.25, 0.3) is 10.6 Å². The van der Waals surface area contributed by atoms with Gasteiger partial charge in [0, 0.05) is 17.5 Å². The minimum Gasteiger partial charge on any atom is -0.497 e. The lowest BCUT2D eigenvalue weighted by Crippen LogP contribution is -2.45. The summed E-state index contributed by atoms with van der Waals surface area (Å²) in [5, 5.41) is 15.1. The second-order valence-electron chi connectivity index (χ2n) is 7.72. The Morgan fingerprint density at radius 1 is 0.971 bits per heavy atom.